The molecule has 2 aromatic heterocycles. The maximum absolute atomic E-state index is 12.3. The van der Waals surface area contributed by atoms with Crippen LogP contribution in [0.1, 0.15) is 5.69 Å². The van der Waals surface area contributed by atoms with Gasteiger partial charge in [-0.15, -0.1) is 11.8 Å². The van der Waals surface area contributed by atoms with Crippen LogP contribution < -0.4 is 5.32 Å². The van der Waals surface area contributed by atoms with E-state index in [2.05, 4.69) is 22.4 Å². The van der Waals surface area contributed by atoms with E-state index >= 15 is 0 Å². The standard InChI is InChI=1S/C17H17N3OS/c1-12-9-13-5-3-4-6-15(13)20(12)11-16(21)19-14-7-8-17(22-2)18-10-14/h3-10H,11H2,1-2H3,(H,19,21). The summed E-state index contributed by atoms with van der Waals surface area (Å²) in [7, 11) is 0. The number of nitrogens with zero attached hydrogens (tertiary/aromatic N) is 2. The highest BCUT2D eigenvalue weighted by molar-refractivity contribution is 7.98. The van der Waals surface area contributed by atoms with E-state index in [4.69, 9.17) is 0 Å². The Morgan fingerprint density at radius 3 is 2.82 bits per heavy atom. The van der Waals surface area contributed by atoms with Crippen molar-refractivity contribution >= 4 is 34.3 Å². The van der Waals surface area contributed by atoms with Crippen LogP contribution in [0.3, 0.4) is 0 Å². The summed E-state index contributed by atoms with van der Waals surface area (Å²) in [6, 6.07) is 13.9. The Kier molecular flexibility index (Phi) is 4.15. The summed E-state index contributed by atoms with van der Waals surface area (Å²) in [6.07, 6.45) is 3.66. The van der Waals surface area contributed by atoms with Crippen molar-refractivity contribution in [2.75, 3.05) is 11.6 Å². The minimum atomic E-state index is -0.0526. The number of pyridine rings is 1. The van der Waals surface area contributed by atoms with Crippen molar-refractivity contribution in [1.82, 2.24) is 9.55 Å². The summed E-state index contributed by atoms with van der Waals surface area (Å²) in [5.41, 5.74) is 2.87. The lowest BCUT2D eigenvalue weighted by atomic mass is 10.2. The molecule has 0 saturated heterocycles. The summed E-state index contributed by atoms with van der Waals surface area (Å²) < 4.78 is 2.02. The number of carbonyl (C=O) groups excluding carboxylic acids is 1. The van der Waals surface area contributed by atoms with E-state index in [-0.39, 0.29) is 5.91 Å². The lowest BCUT2D eigenvalue weighted by molar-refractivity contribution is -0.116. The molecule has 5 heteroatoms. The third kappa shape index (κ3) is 2.99. The van der Waals surface area contributed by atoms with E-state index in [0.29, 0.717) is 6.54 Å². The number of aromatic nitrogens is 2. The molecule has 0 aliphatic carbocycles. The van der Waals surface area contributed by atoms with Gasteiger partial charge in [-0.25, -0.2) is 4.98 Å². The molecule has 0 aliphatic rings. The molecule has 1 amide bonds. The monoisotopic (exact) mass is 311 g/mol. The average molecular weight is 311 g/mol. The highest BCUT2D eigenvalue weighted by atomic mass is 32.2. The number of para-hydroxylation sites is 1. The number of hydrogen-bond acceptors (Lipinski definition) is 3. The fourth-order valence-corrected chi connectivity index (χ4v) is 2.84. The summed E-state index contributed by atoms with van der Waals surface area (Å²) in [6.45, 7) is 2.31. The average Bonchev–Trinajstić information content (AvgIpc) is 2.84. The van der Waals surface area contributed by atoms with Crippen molar-refractivity contribution in [2.45, 2.75) is 18.5 Å². The lowest BCUT2D eigenvalue weighted by Gasteiger charge is -2.09. The van der Waals surface area contributed by atoms with E-state index in [1.807, 2.05) is 48.1 Å². The van der Waals surface area contributed by atoms with E-state index in [0.717, 1.165) is 27.3 Å². The van der Waals surface area contributed by atoms with Crippen LogP contribution in [0.2, 0.25) is 0 Å². The van der Waals surface area contributed by atoms with E-state index in [1.54, 1.807) is 18.0 Å². The zero-order valence-corrected chi connectivity index (χ0v) is 13.4. The zero-order valence-electron chi connectivity index (χ0n) is 12.5. The number of anilines is 1. The molecule has 1 aromatic carbocycles. The molecule has 0 unspecified atom stereocenters. The van der Waals surface area contributed by atoms with E-state index < -0.39 is 0 Å². The van der Waals surface area contributed by atoms with Gasteiger partial charge in [-0.1, -0.05) is 18.2 Å². The van der Waals surface area contributed by atoms with Crippen LogP contribution in [0.25, 0.3) is 10.9 Å². The van der Waals surface area contributed by atoms with Crippen LogP contribution in [-0.4, -0.2) is 21.7 Å². The second-order valence-corrected chi connectivity index (χ2v) is 5.89. The van der Waals surface area contributed by atoms with Crippen molar-refractivity contribution in [3.05, 3.63) is 54.4 Å². The SMILES string of the molecule is CSc1ccc(NC(=O)Cn2c(C)cc3ccccc32)cn1. The Labute approximate surface area is 133 Å². The largest absolute Gasteiger partial charge is 0.335 e. The van der Waals surface area contributed by atoms with Crippen LogP contribution in [0.15, 0.2) is 53.7 Å². The van der Waals surface area contributed by atoms with Crippen molar-refractivity contribution in [1.29, 1.82) is 0 Å². The Hall–Kier alpha value is -2.27. The number of amides is 1. The number of benzene rings is 1. The third-order valence-electron chi connectivity index (χ3n) is 3.55. The Bertz CT molecular complexity index is 808. The van der Waals surface area contributed by atoms with Gasteiger partial charge >= 0.3 is 0 Å². The molecular formula is C17H17N3OS. The van der Waals surface area contributed by atoms with Crippen LogP contribution in [0.5, 0.6) is 0 Å². The zero-order chi connectivity index (χ0) is 15.5. The highest BCUT2D eigenvalue weighted by Gasteiger charge is 2.09. The summed E-state index contributed by atoms with van der Waals surface area (Å²) in [5, 5.41) is 4.98. The lowest BCUT2D eigenvalue weighted by Crippen LogP contribution is -2.19. The Morgan fingerprint density at radius 1 is 1.27 bits per heavy atom. The van der Waals surface area contributed by atoms with Gasteiger partial charge in [-0.05, 0) is 42.8 Å². The molecule has 1 N–H and O–H groups in total. The molecule has 3 aromatic rings. The molecule has 22 heavy (non-hydrogen) atoms. The number of fused-ring (bicyclic) bond motifs is 1. The van der Waals surface area contributed by atoms with Crippen LogP contribution in [-0.2, 0) is 11.3 Å². The van der Waals surface area contributed by atoms with E-state index in [9.17, 15) is 4.79 Å². The predicted molar refractivity (Wildman–Crippen MR) is 91.3 cm³/mol. The van der Waals surface area contributed by atoms with Gasteiger partial charge < -0.3 is 9.88 Å². The number of thioether (sulfide) groups is 1. The fraction of sp³-hybridized carbons (Fsp3) is 0.176. The summed E-state index contributed by atoms with van der Waals surface area (Å²) >= 11 is 1.58. The van der Waals surface area contributed by atoms with Gasteiger partial charge in [0.2, 0.25) is 5.91 Å². The van der Waals surface area contributed by atoms with Gasteiger partial charge in [0, 0.05) is 11.2 Å². The van der Waals surface area contributed by atoms with Gasteiger partial charge in [0.25, 0.3) is 0 Å². The van der Waals surface area contributed by atoms with Crippen molar-refractivity contribution < 1.29 is 4.79 Å². The molecule has 3 rings (SSSR count). The molecule has 112 valence electrons. The predicted octanol–water partition coefficient (Wildman–Crippen LogP) is 3.71. The van der Waals surface area contributed by atoms with Gasteiger partial charge in [-0.3, -0.25) is 4.79 Å². The van der Waals surface area contributed by atoms with Crippen LogP contribution in [0.4, 0.5) is 5.69 Å². The first-order valence-electron chi connectivity index (χ1n) is 7.02. The second kappa shape index (κ2) is 6.23. The van der Waals surface area contributed by atoms with Crippen molar-refractivity contribution in [2.24, 2.45) is 0 Å². The van der Waals surface area contributed by atoms with E-state index in [1.165, 1.54) is 0 Å². The minimum absolute atomic E-state index is 0.0526. The maximum Gasteiger partial charge on any atom is 0.244 e. The van der Waals surface area contributed by atoms with Gasteiger partial charge in [0.05, 0.1) is 16.9 Å². The molecule has 0 aliphatic heterocycles. The number of rotatable bonds is 4. The summed E-state index contributed by atoms with van der Waals surface area (Å²) in [4.78, 5) is 16.5. The van der Waals surface area contributed by atoms with Crippen LogP contribution >= 0.6 is 11.8 Å². The fourth-order valence-electron chi connectivity index (χ4n) is 2.48. The highest BCUT2D eigenvalue weighted by Crippen LogP contribution is 2.19. The molecule has 2 heterocycles. The number of hydrogen-bond donors (Lipinski definition) is 1. The smallest absolute Gasteiger partial charge is 0.244 e. The van der Waals surface area contributed by atoms with Crippen molar-refractivity contribution in [3.8, 4) is 0 Å². The first-order chi connectivity index (χ1) is 10.7. The normalized spacial score (nSPS) is 10.8. The Morgan fingerprint density at radius 2 is 2.09 bits per heavy atom. The molecule has 0 spiro atoms. The second-order valence-electron chi connectivity index (χ2n) is 5.07. The Balaban J connectivity index is 1.76. The quantitative estimate of drug-likeness (QED) is 0.747. The molecule has 0 saturated carbocycles. The number of carbonyl (C=O) groups is 1. The third-order valence-corrected chi connectivity index (χ3v) is 4.21. The van der Waals surface area contributed by atoms with Gasteiger partial charge in [0.1, 0.15) is 6.54 Å². The maximum atomic E-state index is 12.3. The molecular weight excluding hydrogens is 294 g/mol. The molecule has 0 bridgehead atoms. The first-order valence-corrected chi connectivity index (χ1v) is 8.24. The summed E-state index contributed by atoms with van der Waals surface area (Å²) in [5.74, 6) is -0.0526. The minimum Gasteiger partial charge on any atom is -0.335 e. The molecule has 4 nitrogen and oxygen atoms in total. The van der Waals surface area contributed by atoms with Crippen molar-refractivity contribution in [3.63, 3.8) is 0 Å². The van der Waals surface area contributed by atoms with Gasteiger partial charge in [0.15, 0.2) is 0 Å². The van der Waals surface area contributed by atoms with Gasteiger partial charge in [-0.2, -0.15) is 0 Å². The molecule has 0 atom stereocenters. The van der Waals surface area contributed by atoms with Crippen LogP contribution in [0, 0.1) is 6.92 Å². The molecule has 0 radical (unpaired) electrons. The topological polar surface area (TPSA) is 46.9 Å². The molecule has 0 fully saturated rings. The number of aryl methyl sites for hydroxylation is 1. The first kappa shape index (κ1) is 14.7. The number of nitrogens with one attached hydrogen (secondary N) is 1.